The molecule has 0 aliphatic carbocycles. The molecule has 1 aromatic rings. The van der Waals surface area contributed by atoms with Crippen LogP contribution < -0.4 is 4.72 Å². The highest BCUT2D eigenvalue weighted by Gasteiger charge is 2.16. The highest BCUT2D eigenvalue weighted by molar-refractivity contribution is 8.00. The maximum absolute atomic E-state index is 13.5. The lowest BCUT2D eigenvalue weighted by Gasteiger charge is -2.08. The fourth-order valence-electron chi connectivity index (χ4n) is 1.05. The third kappa shape index (κ3) is 3.10. The molecule has 0 atom stereocenters. The smallest absolute Gasteiger partial charge is 0.338 e. The van der Waals surface area contributed by atoms with E-state index in [0.29, 0.717) is 6.07 Å². The number of hydrogen-bond donors (Lipinski definition) is 2. The molecule has 0 unspecified atom stereocenters. The van der Waals surface area contributed by atoms with Crippen molar-refractivity contribution in [2.45, 2.75) is 13.3 Å². The molecular formula is C10H11F2NO2S. The zero-order valence-corrected chi connectivity index (χ0v) is 9.41. The minimum absolute atomic E-state index is 0.143. The number of aromatic carboxylic acids is 1. The summed E-state index contributed by atoms with van der Waals surface area (Å²) in [5, 5.41) is 8.64. The van der Waals surface area contributed by atoms with E-state index in [2.05, 4.69) is 4.72 Å². The molecule has 0 aliphatic rings. The van der Waals surface area contributed by atoms with Crippen LogP contribution >= 0.6 is 11.9 Å². The van der Waals surface area contributed by atoms with Crippen molar-refractivity contribution in [3.63, 3.8) is 0 Å². The largest absolute Gasteiger partial charge is 0.478 e. The SMILES string of the molecule is CCCSNc1cc(F)cc(C(=O)O)c1F. The highest BCUT2D eigenvalue weighted by atomic mass is 32.2. The monoisotopic (exact) mass is 247 g/mol. The molecule has 0 radical (unpaired) electrons. The molecule has 1 aromatic carbocycles. The van der Waals surface area contributed by atoms with Crippen LogP contribution in [0.1, 0.15) is 23.7 Å². The van der Waals surface area contributed by atoms with Crippen LogP contribution in [0, 0.1) is 11.6 Å². The van der Waals surface area contributed by atoms with E-state index in [4.69, 9.17) is 5.11 Å². The first-order valence-corrected chi connectivity index (χ1v) is 5.65. The molecule has 0 saturated carbocycles. The van der Waals surface area contributed by atoms with Gasteiger partial charge in [-0.25, -0.2) is 13.6 Å². The van der Waals surface area contributed by atoms with Crippen LogP contribution in [-0.2, 0) is 0 Å². The Hall–Kier alpha value is -1.30. The zero-order valence-electron chi connectivity index (χ0n) is 8.59. The average molecular weight is 247 g/mol. The van der Waals surface area contributed by atoms with Gasteiger partial charge in [-0.15, -0.1) is 0 Å². The van der Waals surface area contributed by atoms with E-state index in [9.17, 15) is 13.6 Å². The van der Waals surface area contributed by atoms with Crippen LogP contribution in [0.15, 0.2) is 12.1 Å². The molecule has 0 saturated heterocycles. The Labute approximate surface area is 96.0 Å². The summed E-state index contributed by atoms with van der Waals surface area (Å²) in [5.41, 5.74) is -0.810. The normalized spacial score (nSPS) is 10.2. The van der Waals surface area contributed by atoms with Gasteiger partial charge in [0, 0.05) is 11.8 Å². The third-order valence-electron chi connectivity index (χ3n) is 1.76. The van der Waals surface area contributed by atoms with Crippen LogP contribution in [0.5, 0.6) is 0 Å². The lowest BCUT2D eigenvalue weighted by molar-refractivity contribution is 0.0691. The molecule has 0 bridgehead atoms. The van der Waals surface area contributed by atoms with E-state index in [1.54, 1.807) is 0 Å². The van der Waals surface area contributed by atoms with E-state index in [-0.39, 0.29) is 5.69 Å². The van der Waals surface area contributed by atoms with Crippen molar-refractivity contribution in [2.24, 2.45) is 0 Å². The van der Waals surface area contributed by atoms with Gasteiger partial charge in [-0.1, -0.05) is 18.9 Å². The minimum Gasteiger partial charge on any atom is -0.478 e. The second-order valence-electron chi connectivity index (χ2n) is 3.07. The van der Waals surface area contributed by atoms with Crippen LogP contribution in [-0.4, -0.2) is 16.8 Å². The molecule has 0 aliphatic heterocycles. The zero-order chi connectivity index (χ0) is 12.1. The number of carboxylic acid groups (broad SMARTS) is 1. The predicted molar refractivity (Wildman–Crippen MR) is 59.7 cm³/mol. The molecule has 3 nitrogen and oxygen atoms in total. The predicted octanol–water partition coefficient (Wildman–Crippen LogP) is 3.13. The van der Waals surface area contributed by atoms with Crippen molar-refractivity contribution in [1.29, 1.82) is 0 Å². The van der Waals surface area contributed by atoms with Crippen molar-refractivity contribution < 1.29 is 18.7 Å². The van der Waals surface area contributed by atoms with Gasteiger partial charge >= 0.3 is 5.97 Å². The number of hydrogen-bond acceptors (Lipinski definition) is 3. The molecule has 16 heavy (non-hydrogen) atoms. The number of carboxylic acids is 1. The first-order chi connectivity index (χ1) is 7.56. The van der Waals surface area contributed by atoms with Crippen LogP contribution in [0.3, 0.4) is 0 Å². The fraction of sp³-hybridized carbons (Fsp3) is 0.300. The summed E-state index contributed by atoms with van der Waals surface area (Å²) in [7, 11) is 0. The van der Waals surface area contributed by atoms with Gasteiger partial charge in [0.05, 0.1) is 5.69 Å². The Morgan fingerprint density at radius 3 is 2.75 bits per heavy atom. The van der Waals surface area contributed by atoms with Gasteiger partial charge in [-0.2, -0.15) is 0 Å². The van der Waals surface area contributed by atoms with E-state index in [1.807, 2.05) is 6.92 Å². The summed E-state index contributed by atoms with van der Waals surface area (Å²) in [6.07, 6.45) is 0.875. The minimum atomic E-state index is -1.49. The third-order valence-corrected chi connectivity index (χ3v) is 2.73. The summed E-state index contributed by atoms with van der Waals surface area (Å²) in [6, 6.07) is 1.60. The first kappa shape index (κ1) is 12.8. The summed E-state index contributed by atoms with van der Waals surface area (Å²) in [4.78, 5) is 10.6. The standard InChI is InChI=1S/C10H11F2NO2S/c1-2-3-16-13-8-5-6(11)4-7(9(8)12)10(14)15/h4-5,13H,2-3H2,1H3,(H,14,15). The number of halogens is 2. The molecular weight excluding hydrogens is 236 g/mol. The molecule has 0 heterocycles. The van der Waals surface area contributed by atoms with Gasteiger partial charge in [-0.05, 0) is 12.5 Å². The second kappa shape index (κ2) is 5.69. The van der Waals surface area contributed by atoms with Crippen molar-refractivity contribution in [2.75, 3.05) is 10.5 Å². The van der Waals surface area contributed by atoms with E-state index in [0.717, 1.165) is 18.2 Å². The van der Waals surface area contributed by atoms with Crippen molar-refractivity contribution >= 4 is 23.6 Å². The van der Waals surface area contributed by atoms with Crippen molar-refractivity contribution in [3.05, 3.63) is 29.3 Å². The van der Waals surface area contributed by atoms with E-state index >= 15 is 0 Å². The quantitative estimate of drug-likeness (QED) is 0.620. The number of anilines is 1. The Kier molecular flexibility index (Phi) is 4.54. The van der Waals surface area contributed by atoms with Crippen molar-refractivity contribution in [1.82, 2.24) is 0 Å². The van der Waals surface area contributed by atoms with Crippen LogP contribution in [0.4, 0.5) is 14.5 Å². The highest BCUT2D eigenvalue weighted by Crippen LogP contribution is 2.23. The molecule has 0 spiro atoms. The number of benzene rings is 1. The average Bonchev–Trinajstić information content (AvgIpc) is 2.22. The van der Waals surface area contributed by atoms with Gasteiger partial charge in [0.25, 0.3) is 0 Å². The van der Waals surface area contributed by atoms with Crippen LogP contribution in [0.2, 0.25) is 0 Å². The molecule has 0 fully saturated rings. The van der Waals surface area contributed by atoms with Gasteiger partial charge in [0.1, 0.15) is 11.4 Å². The lowest BCUT2D eigenvalue weighted by Crippen LogP contribution is -2.04. The van der Waals surface area contributed by atoms with E-state index in [1.165, 1.54) is 11.9 Å². The number of rotatable bonds is 5. The Morgan fingerprint density at radius 1 is 1.50 bits per heavy atom. The molecule has 6 heteroatoms. The Bertz CT molecular complexity index is 399. The fourth-order valence-corrected chi connectivity index (χ4v) is 1.66. The molecule has 1 rings (SSSR count). The van der Waals surface area contributed by atoms with E-state index < -0.39 is 23.2 Å². The van der Waals surface area contributed by atoms with Crippen LogP contribution in [0.25, 0.3) is 0 Å². The number of carbonyl (C=O) groups is 1. The molecule has 0 amide bonds. The molecule has 2 N–H and O–H groups in total. The van der Waals surface area contributed by atoms with Crippen molar-refractivity contribution in [3.8, 4) is 0 Å². The van der Waals surface area contributed by atoms with Gasteiger partial charge in [0.15, 0.2) is 5.82 Å². The molecule has 0 aromatic heterocycles. The summed E-state index contributed by atoms with van der Waals surface area (Å²) >= 11 is 1.20. The maximum atomic E-state index is 13.5. The summed E-state index contributed by atoms with van der Waals surface area (Å²) < 4.78 is 29.1. The molecule has 88 valence electrons. The van der Waals surface area contributed by atoms with Gasteiger partial charge < -0.3 is 9.83 Å². The lowest BCUT2D eigenvalue weighted by atomic mass is 10.2. The maximum Gasteiger partial charge on any atom is 0.338 e. The van der Waals surface area contributed by atoms with Gasteiger partial charge in [0.2, 0.25) is 0 Å². The first-order valence-electron chi connectivity index (χ1n) is 4.66. The Morgan fingerprint density at radius 2 is 2.19 bits per heavy atom. The topological polar surface area (TPSA) is 49.3 Å². The summed E-state index contributed by atoms with van der Waals surface area (Å²) in [6.45, 7) is 1.94. The second-order valence-corrected chi connectivity index (χ2v) is 3.97. The Balaban J connectivity index is 2.95. The summed E-state index contributed by atoms with van der Waals surface area (Å²) in [5.74, 6) is -2.49. The van der Waals surface area contributed by atoms with Gasteiger partial charge in [-0.3, -0.25) is 0 Å². The number of nitrogens with one attached hydrogen (secondary N) is 1.